The van der Waals surface area contributed by atoms with Crippen molar-refractivity contribution in [2.45, 2.75) is 32.1 Å². The molecule has 0 spiro atoms. The molecule has 0 aliphatic carbocycles. The van der Waals surface area contributed by atoms with Crippen molar-refractivity contribution >= 4 is 9.84 Å². The molecule has 2 aromatic rings. The Morgan fingerprint density at radius 1 is 1.18 bits per heavy atom. The van der Waals surface area contributed by atoms with Crippen LogP contribution in [0.5, 0.6) is 0 Å². The van der Waals surface area contributed by atoms with Crippen molar-refractivity contribution in [2.24, 2.45) is 0 Å². The van der Waals surface area contributed by atoms with Gasteiger partial charge >= 0.3 is 0 Å². The van der Waals surface area contributed by atoms with Gasteiger partial charge in [-0.05, 0) is 32.9 Å². The van der Waals surface area contributed by atoms with Gasteiger partial charge in [-0.15, -0.1) is 5.10 Å². The summed E-state index contributed by atoms with van der Waals surface area (Å²) >= 11 is 0. The minimum absolute atomic E-state index is 0.0236. The molecule has 0 amide bonds. The Kier molecular flexibility index (Phi) is 4.97. The first-order chi connectivity index (χ1) is 10.3. The molecule has 0 saturated heterocycles. The minimum Gasteiger partial charge on any atom is -0.375 e. The maximum Gasteiger partial charge on any atom is 0.158 e. The van der Waals surface area contributed by atoms with E-state index in [0.29, 0.717) is 5.69 Å². The molecule has 1 heterocycles. The molecule has 0 N–H and O–H groups in total. The third-order valence-electron chi connectivity index (χ3n) is 2.92. The van der Waals surface area contributed by atoms with Crippen LogP contribution in [0, 0.1) is 0 Å². The molecule has 0 aliphatic heterocycles. The lowest BCUT2D eigenvalue weighted by Crippen LogP contribution is -2.24. The van der Waals surface area contributed by atoms with E-state index in [1.54, 1.807) is 4.68 Å². The van der Waals surface area contributed by atoms with E-state index in [0.717, 1.165) is 5.69 Å². The summed E-state index contributed by atoms with van der Waals surface area (Å²) in [4.78, 5) is 0. The maximum atomic E-state index is 12.2. The van der Waals surface area contributed by atoms with Crippen LogP contribution in [0.15, 0.2) is 36.5 Å². The zero-order chi connectivity index (χ0) is 16.2. The van der Waals surface area contributed by atoms with Crippen LogP contribution in [0.3, 0.4) is 0 Å². The van der Waals surface area contributed by atoms with Crippen LogP contribution in [0.1, 0.15) is 26.5 Å². The highest BCUT2D eigenvalue weighted by molar-refractivity contribution is 7.90. The van der Waals surface area contributed by atoms with Gasteiger partial charge in [-0.2, -0.15) is 0 Å². The maximum absolute atomic E-state index is 12.2. The van der Waals surface area contributed by atoms with Crippen LogP contribution < -0.4 is 0 Å². The molecule has 0 fully saturated rings. The topological polar surface area (TPSA) is 74.1 Å². The van der Waals surface area contributed by atoms with Gasteiger partial charge in [0.15, 0.2) is 9.84 Å². The van der Waals surface area contributed by atoms with Crippen molar-refractivity contribution in [3.05, 3.63) is 42.2 Å². The monoisotopic (exact) mass is 323 g/mol. The lowest BCUT2D eigenvalue weighted by molar-refractivity contribution is 0.00644. The molecule has 0 saturated carbocycles. The van der Waals surface area contributed by atoms with Crippen molar-refractivity contribution in [1.29, 1.82) is 0 Å². The second kappa shape index (κ2) is 6.58. The van der Waals surface area contributed by atoms with Crippen LogP contribution in [0.4, 0.5) is 0 Å². The fourth-order valence-corrected chi connectivity index (χ4v) is 3.04. The molecule has 0 bridgehead atoms. The number of para-hydroxylation sites is 1. The summed E-state index contributed by atoms with van der Waals surface area (Å²) in [5.41, 5.74) is 0.987. The molecule has 22 heavy (non-hydrogen) atoms. The van der Waals surface area contributed by atoms with Gasteiger partial charge in [0.05, 0.1) is 41.3 Å². The van der Waals surface area contributed by atoms with E-state index in [1.807, 2.05) is 51.1 Å². The fraction of sp³-hybridized carbons (Fsp3) is 0.467. The van der Waals surface area contributed by atoms with Crippen LogP contribution in [-0.4, -0.2) is 41.4 Å². The third kappa shape index (κ3) is 4.92. The molecule has 6 nitrogen and oxygen atoms in total. The first-order valence-corrected chi connectivity index (χ1v) is 8.88. The predicted molar refractivity (Wildman–Crippen MR) is 84.6 cm³/mol. The van der Waals surface area contributed by atoms with Gasteiger partial charge in [-0.3, -0.25) is 0 Å². The van der Waals surface area contributed by atoms with Crippen molar-refractivity contribution in [3.8, 4) is 5.69 Å². The van der Waals surface area contributed by atoms with Crippen molar-refractivity contribution in [3.63, 3.8) is 0 Å². The fourth-order valence-electron chi connectivity index (χ4n) is 1.91. The highest BCUT2D eigenvalue weighted by Gasteiger charge is 2.18. The van der Waals surface area contributed by atoms with Crippen molar-refractivity contribution < 1.29 is 13.2 Å². The van der Waals surface area contributed by atoms with E-state index in [9.17, 15) is 8.42 Å². The molecule has 0 radical (unpaired) electrons. The Morgan fingerprint density at radius 3 is 2.50 bits per heavy atom. The number of benzene rings is 1. The number of rotatable bonds is 6. The first kappa shape index (κ1) is 16.6. The summed E-state index contributed by atoms with van der Waals surface area (Å²) < 4.78 is 31.5. The summed E-state index contributed by atoms with van der Waals surface area (Å²) in [5, 5.41) is 7.78. The van der Waals surface area contributed by atoms with Crippen molar-refractivity contribution in [1.82, 2.24) is 15.0 Å². The molecule has 2 rings (SSSR count). The summed E-state index contributed by atoms with van der Waals surface area (Å²) in [6, 6.07) is 9.33. The Morgan fingerprint density at radius 2 is 1.86 bits per heavy atom. The molecule has 0 atom stereocenters. The largest absolute Gasteiger partial charge is 0.375 e. The smallest absolute Gasteiger partial charge is 0.158 e. The Balaban J connectivity index is 2.06. The highest BCUT2D eigenvalue weighted by atomic mass is 32.2. The van der Waals surface area contributed by atoms with Gasteiger partial charge < -0.3 is 4.74 Å². The summed E-state index contributed by atoms with van der Waals surface area (Å²) in [6.45, 7) is 5.87. The summed E-state index contributed by atoms with van der Waals surface area (Å²) in [6.07, 6.45) is 1.48. The van der Waals surface area contributed by atoms with E-state index in [4.69, 9.17) is 4.74 Å². The van der Waals surface area contributed by atoms with E-state index in [-0.39, 0.29) is 23.7 Å². The molecular weight excluding hydrogens is 302 g/mol. The number of ether oxygens (including phenoxy) is 1. The summed E-state index contributed by atoms with van der Waals surface area (Å²) in [5.74, 6) is -0.132. The van der Waals surface area contributed by atoms with Crippen LogP contribution in [-0.2, 0) is 20.3 Å². The molecule has 0 unspecified atom stereocenters. The Labute approximate surface area is 131 Å². The molecule has 1 aromatic heterocycles. The average Bonchev–Trinajstić information content (AvgIpc) is 2.85. The molecular formula is C15H21N3O3S. The van der Waals surface area contributed by atoms with E-state index < -0.39 is 9.84 Å². The van der Waals surface area contributed by atoms with Crippen LogP contribution >= 0.6 is 0 Å². The number of nitrogens with zero attached hydrogens (tertiary/aromatic N) is 3. The average molecular weight is 323 g/mol. The number of aromatic nitrogens is 3. The van der Waals surface area contributed by atoms with Crippen molar-refractivity contribution in [2.75, 3.05) is 12.4 Å². The number of sulfone groups is 1. The Bertz CT molecular complexity index is 703. The van der Waals surface area contributed by atoms with Gasteiger partial charge in [0.1, 0.15) is 0 Å². The van der Waals surface area contributed by atoms with Gasteiger partial charge in [0.25, 0.3) is 0 Å². The number of hydrogen-bond donors (Lipinski definition) is 0. The van der Waals surface area contributed by atoms with Crippen LogP contribution in [0.25, 0.3) is 5.69 Å². The lowest BCUT2D eigenvalue weighted by atomic mass is 10.2. The van der Waals surface area contributed by atoms with E-state index in [2.05, 4.69) is 10.3 Å². The zero-order valence-electron chi connectivity index (χ0n) is 13.1. The molecule has 7 heteroatoms. The van der Waals surface area contributed by atoms with Gasteiger partial charge in [0.2, 0.25) is 0 Å². The van der Waals surface area contributed by atoms with E-state index >= 15 is 0 Å². The number of hydrogen-bond acceptors (Lipinski definition) is 5. The molecule has 120 valence electrons. The SMILES string of the molecule is CC(C)(C)OCCS(=O)(=O)Cc1cnnn1-c1ccccc1. The van der Waals surface area contributed by atoms with Crippen LogP contribution in [0.2, 0.25) is 0 Å². The quantitative estimate of drug-likeness (QED) is 0.813. The standard InChI is InChI=1S/C15H21N3O3S/c1-15(2,3)21-9-10-22(19,20)12-14-11-16-17-18(14)13-7-5-4-6-8-13/h4-8,11H,9-10,12H2,1-3H3. The molecule has 0 aliphatic rings. The summed E-state index contributed by atoms with van der Waals surface area (Å²) in [7, 11) is -3.28. The van der Waals surface area contributed by atoms with Gasteiger partial charge in [0, 0.05) is 0 Å². The predicted octanol–water partition coefficient (Wildman–Crippen LogP) is 2.00. The van der Waals surface area contributed by atoms with Gasteiger partial charge in [-0.1, -0.05) is 23.4 Å². The molecule has 1 aromatic carbocycles. The first-order valence-electron chi connectivity index (χ1n) is 7.06. The normalized spacial score (nSPS) is 12.5. The van der Waals surface area contributed by atoms with E-state index in [1.165, 1.54) is 6.20 Å². The van der Waals surface area contributed by atoms with Gasteiger partial charge in [-0.25, -0.2) is 13.1 Å². The Hall–Kier alpha value is -1.73. The minimum atomic E-state index is -3.28. The lowest BCUT2D eigenvalue weighted by Gasteiger charge is -2.19. The second-order valence-electron chi connectivity index (χ2n) is 6.03. The third-order valence-corrected chi connectivity index (χ3v) is 4.44. The second-order valence-corrected chi connectivity index (χ2v) is 8.21. The highest BCUT2D eigenvalue weighted by Crippen LogP contribution is 2.13. The zero-order valence-corrected chi connectivity index (χ0v) is 13.9.